The molecule has 18 heavy (non-hydrogen) atoms. The fourth-order valence-corrected chi connectivity index (χ4v) is 2.01. The largest absolute Gasteiger partial charge is 0.459 e. The highest BCUT2D eigenvalue weighted by Crippen LogP contribution is 2.30. The zero-order valence-electron chi connectivity index (χ0n) is 10.7. The van der Waals surface area contributed by atoms with Crippen molar-refractivity contribution in [2.24, 2.45) is 0 Å². The molecular formula is C14H18O4. The number of hydrogen-bond donors (Lipinski definition) is 0. The van der Waals surface area contributed by atoms with Crippen molar-refractivity contribution in [1.82, 2.24) is 0 Å². The van der Waals surface area contributed by atoms with Crippen molar-refractivity contribution in [2.75, 3.05) is 13.7 Å². The maximum Gasteiger partial charge on any atom is 0.338 e. The van der Waals surface area contributed by atoms with Gasteiger partial charge in [-0.25, -0.2) is 4.79 Å². The van der Waals surface area contributed by atoms with Crippen LogP contribution in [0.5, 0.6) is 0 Å². The molecule has 1 heterocycles. The number of carbonyl (C=O) groups excluding carboxylic acids is 1. The Morgan fingerprint density at radius 1 is 1.44 bits per heavy atom. The van der Waals surface area contributed by atoms with Crippen LogP contribution in [0.1, 0.15) is 30.1 Å². The highest BCUT2D eigenvalue weighted by Gasteiger charge is 2.37. The van der Waals surface area contributed by atoms with Gasteiger partial charge in [0.15, 0.2) is 6.29 Å². The van der Waals surface area contributed by atoms with Crippen molar-refractivity contribution >= 4 is 5.97 Å². The summed E-state index contributed by atoms with van der Waals surface area (Å²) < 4.78 is 16.1. The Hall–Kier alpha value is -1.39. The summed E-state index contributed by atoms with van der Waals surface area (Å²) >= 11 is 0. The molecule has 1 aromatic carbocycles. The lowest BCUT2D eigenvalue weighted by atomic mass is 10.0. The summed E-state index contributed by atoms with van der Waals surface area (Å²) in [5.74, 6) is -0.318. The van der Waals surface area contributed by atoms with E-state index in [-0.39, 0.29) is 18.9 Å². The first kappa shape index (κ1) is 13.1. The average molecular weight is 250 g/mol. The SMILES string of the molecule is COC1CC[C@@](C)(COC(=O)c2ccccc2)O1. The van der Waals surface area contributed by atoms with Gasteiger partial charge in [0.2, 0.25) is 0 Å². The van der Waals surface area contributed by atoms with Gasteiger partial charge in [-0.3, -0.25) is 0 Å². The van der Waals surface area contributed by atoms with Crippen LogP contribution >= 0.6 is 0 Å². The Kier molecular flexibility index (Phi) is 3.99. The average Bonchev–Trinajstić information content (AvgIpc) is 2.79. The standard InChI is InChI=1S/C14H18O4/c1-14(9-8-12(16-2)18-14)10-17-13(15)11-6-4-3-5-7-11/h3-7,12H,8-10H2,1-2H3/t12?,14-/m0/s1. The summed E-state index contributed by atoms with van der Waals surface area (Å²) in [6.45, 7) is 2.19. The molecule has 0 radical (unpaired) electrons. The lowest BCUT2D eigenvalue weighted by Gasteiger charge is -2.23. The molecule has 0 bridgehead atoms. The van der Waals surface area contributed by atoms with E-state index in [1.54, 1.807) is 19.2 Å². The summed E-state index contributed by atoms with van der Waals surface area (Å²) in [5.41, 5.74) is 0.118. The summed E-state index contributed by atoms with van der Waals surface area (Å²) in [6.07, 6.45) is 1.47. The zero-order chi connectivity index (χ0) is 13.0. The van der Waals surface area contributed by atoms with Crippen molar-refractivity contribution in [2.45, 2.75) is 31.7 Å². The highest BCUT2D eigenvalue weighted by atomic mass is 16.7. The van der Waals surface area contributed by atoms with Gasteiger partial charge in [-0.05, 0) is 25.5 Å². The van der Waals surface area contributed by atoms with Crippen LogP contribution in [0.25, 0.3) is 0 Å². The number of esters is 1. The molecule has 1 fully saturated rings. The summed E-state index contributed by atoms with van der Waals surface area (Å²) in [6, 6.07) is 8.95. The molecule has 1 saturated heterocycles. The Morgan fingerprint density at radius 2 is 2.17 bits per heavy atom. The third kappa shape index (κ3) is 3.09. The molecule has 0 saturated carbocycles. The van der Waals surface area contributed by atoms with E-state index >= 15 is 0 Å². The Bertz CT molecular complexity index is 404. The molecule has 1 unspecified atom stereocenters. The van der Waals surface area contributed by atoms with Crippen LogP contribution < -0.4 is 0 Å². The number of benzene rings is 1. The van der Waals surface area contributed by atoms with Gasteiger partial charge in [-0.2, -0.15) is 0 Å². The second-order valence-corrected chi connectivity index (χ2v) is 4.71. The van der Waals surface area contributed by atoms with Crippen LogP contribution in [0.15, 0.2) is 30.3 Å². The van der Waals surface area contributed by atoms with E-state index in [4.69, 9.17) is 14.2 Å². The van der Waals surface area contributed by atoms with Crippen LogP contribution in [0.3, 0.4) is 0 Å². The quantitative estimate of drug-likeness (QED) is 0.770. The van der Waals surface area contributed by atoms with Crippen molar-refractivity contribution in [3.05, 3.63) is 35.9 Å². The third-order valence-corrected chi connectivity index (χ3v) is 3.11. The van der Waals surface area contributed by atoms with Crippen LogP contribution in [0, 0.1) is 0 Å². The smallest absolute Gasteiger partial charge is 0.338 e. The van der Waals surface area contributed by atoms with Crippen molar-refractivity contribution in [1.29, 1.82) is 0 Å². The van der Waals surface area contributed by atoms with Gasteiger partial charge in [-0.15, -0.1) is 0 Å². The lowest BCUT2D eigenvalue weighted by molar-refractivity contribution is -0.160. The summed E-state index contributed by atoms with van der Waals surface area (Å²) in [7, 11) is 1.62. The molecule has 0 N–H and O–H groups in total. The molecule has 98 valence electrons. The molecule has 0 aromatic heterocycles. The predicted octanol–water partition coefficient (Wildman–Crippen LogP) is 2.39. The van der Waals surface area contributed by atoms with E-state index < -0.39 is 5.60 Å². The molecule has 0 aliphatic carbocycles. The van der Waals surface area contributed by atoms with E-state index in [1.165, 1.54) is 0 Å². The van der Waals surface area contributed by atoms with Crippen LogP contribution in [-0.2, 0) is 14.2 Å². The molecule has 1 aromatic rings. The predicted molar refractivity (Wildman–Crippen MR) is 66.2 cm³/mol. The Balaban J connectivity index is 1.87. The number of carbonyl (C=O) groups is 1. The maximum atomic E-state index is 11.8. The molecule has 4 heteroatoms. The van der Waals surface area contributed by atoms with Gasteiger partial charge < -0.3 is 14.2 Å². The Morgan fingerprint density at radius 3 is 2.78 bits per heavy atom. The summed E-state index contributed by atoms with van der Waals surface area (Å²) in [4.78, 5) is 11.8. The molecule has 4 nitrogen and oxygen atoms in total. The zero-order valence-corrected chi connectivity index (χ0v) is 10.7. The number of methoxy groups -OCH3 is 1. The minimum absolute atomic E-state index is 0.189. The first-order chi connectivity index (χ1) is 8.63. The molecule has 1 aliphatic heterocycles. The van der Waals surface area contributed by atoms with Gasteiger partial charge in [0.05, 0.1) is 5.56 Å². The van der Waals surface area contributed by atoms with E-state index in [0.29, 0.717) is 5.56 Å². The van der Waals surface area contributed by atoms with Crippen LogP contribution in [0.2, 0.25) is 0 Å². The lowest BCUT2D eigenvalue weighted by Crippen LogP contribution is -2.32. The summed E-state index contributed by atoms with van der Waals surface area (Å²) in [5, 5.41) is 0. The van der Waals surface area contributed by atoms with E-state index in [9.17, 15) is 4.79 Å². The van der Waals surface area contributed by atoms with Crippen LogP contribution in [0.4, 0.5) is 0 Å². The van der Waals surface area contributed by atoms with Crippen LogP contribution in [-0.4, -0.2) is 31.6 Å². The normalized spacial score (nSPS) is 27.1. The van der Waals surface area contributed by atoms with E-state index in [0.717, 1.165) is 12.8 Å². The minimum Gasteiger partial charge on any atom is -0.459 e. The van der Waals surface area contributed by atoms with Gasteiger partial charge in [0.25, 0.3) is 0 Å². The minimum atomic E-state index is -0.439. The number of rotatable bonds is 4. The van der Waals surface area contributed by atoms with Crippen molar-refractivity contribution < 1.29 is 19.0 Å². The van der Waals surface area contributed by atoms with Gasteiger partial charge in [0.1, 0.15) is 12.2 Å². The van der Waals surface area contributed by atoms with E-state index in [2.05, 4.69) is 0 Å². The molecule has 2 rings (SSSR count). The number of hydrogen-bond acceptors (Lipinski definition) is 4. The van der Waals surface area contributed by atoms with Crippen molar-refractivity contribution in [3.8, 4) is 0 Å². The fourth-order valence-electron chi connectivity index (χ4n) is 2.01. The van der Waals surface area contributed by atoms with Gasteiger partial charge >= 0.3 is 5.97 Å². The first-order valence-electron chi connectivity index (χ1n) is 6.06. The molecule has 2 atom stereocenters. The fraction of sp³-hybridized carbons (Fsp3) is 0.500. The van der Waals surface area contributed by atoms with Gasteiger partial charge in [0, 0.05) is 13.5 Å². The molecule has 0 spiro atoms. The number of ether oxygens (including phenoxy) is 3. The molecule has 1 aliphatic rings. The second kappa shape index (κ2) is 5.50. The highest BCUT2D eigenvalue weighted by molar-refractivity contribution is 5.89. The Labute approximate surface area is 107 Å². The molecular weight excluding hydrogens is 232 g/mol. The van der Waals surface area contributed by atoms with Crippen molar-refractivity contribution in [3.63, 3.8) is 0 Å². The first-order valence-corrected chi connectivity index (χ1v) is 6.06. The van der Waals surface area contributed by atoms with E-state index in [1.807, 2.05) is 25.1 Å². The third-order valence-electron chi connectivity index (χ3n) is 3.11. The monoisotopic (exact) mass is 250 g/mol. The maximum absolute atomic E-state index is 11.8. The topological polar surface area (TPSA) is 44.8 Å². The second-order valence-electron chi connectivity index (χ2n) is 4.71. The van der Waals surface area contributed by atoms with Gasteiger partial charge in [-0.1, -0.05) is 18.2 Å². The molecule has 0 amide bonds.